The molecule has 0 bridgehead atoms. The van der Waals surface area contributed by atoms with Crippen molar-refractivity contribution in [3.8, 4) is 0 Å². The van der Waals surface area contributed by atoms with Crippen LogP contribution >= 0.6 is 0 Å². The zero-order valence-corrected chi connectivity index (χ0v) is 38.2. The van der Waals surface area contributed by atoms with Gasteiger partial charge in [-0.1, -0.05) is 255 Å². The van der Waals surface area contributed by atoms with Crippen LogP contribution in [-0.4, -0.2) is 0 Å². The third kappa shape index (κ3) is 12.2. The van der Waals surface area contributed by atoms with Crippen molar-refractivity contribution in [2.24, 2.45) is 0 Å². The highest BCUT2D eigenvalue weighted by Crippen LogP contribution is 2.43. The molecular weight excluding hydrogens is 793 g/mol. The summed E-state index contributed by atoms with van der Waals surface area (Å²) in [6.07, 6.45) is 7.70. The minimum atomic E-state index is 0.252. The van der Waals surface area contributed by atoms with Crippen molar-refractivity contribution in [2.75, 3.05) is 0 Å². The Hall–Kier alpha value is -7.02. The first-order valence-corrected chi connectivity index (χ1v) is 24.2. The van der Waals surface area contributed by atoms with E-state index in [4.69, 9.17) is 0 Å². The van der Waals surface area contributed by atoms with Gasteiger partial charge in [0.2, 0.25) is 0 Å². The summed E-state index contributed by atoms with van der Waals surface area (Å²) in [5.74, 6) is 1.01. The summed E-state index contributed by atoms with van der Waals surface area (Å²) >= 11 is 0. The second kappa shape index (κ2) is 22.7. The first kappa shape index (κ1) is 44.2. The SMILES string of the molecule is c1ccc(CC(Cc2ccccc2)c2cc(C(Cc3ccccc3)Cc3ccccc3)c(C(Cc3ccccc3)Cc3ccccc3)cc2C(Cc2ccccc2)Cc2ccccc2)cc1. The molecule has 0 aliphatic heterocycles. The molecule has 9 aromatic carbocycles. The van der Waals surface area contributed by atoms with Gasteiger partial charge < -0.3 is 0 Å². The first-order chi connectivity index (χ1) is 32.7. The maximum atomic E-state index is 2.77. The lowest BCUT2D eigenvalue weighted by atomic mass is 9.71. The second-order valence-corrected chi connectivity index (χ2v) is 18.4. The van der Waals surface area contributed by atoms with E-state index in [-0.39, 0.29) is 23.7 Å². The first-order valence-electron chi connectivity index (χ1n) is 24.2. The molecule has 0 fully saturated rings. The van der Waals surface area contributed by atoms with Crippen LogP contribution in [0.15, 0.2) is 255 Å². The van der Waals surface area contributed by atoms with E-state index < -0.39 is 0 Å². The van der Waals surface area contributed by atoms with Crippen molar-refractivity contribution in [1.82, 2.24) is 0 Å². The van der Waals surface area contributed by atoms with E-state index in [9.17, 15) is 0 Å². The standard InChI is InChI=1S/C66H62/c1-9-25-51(26-10-1)41-59(42-52-27-11-2-12-28-52)63-49-65(61(45-55-33-17-5-18-34-55)46-56-35-19-6-20-36-56)66(62(47-57-37-21-7-22-38-57)48-58-39-23-8-24-40-58)50-64(63)60(43-53-29-13-3-14-30-53)44-54-31-15-4-16-32-54/h1-40,49-50,59-62H,41-48H2. The third-order valence-corrected chi connectivity index (χ3v) is 13.6. The highest BCUT2D eigenvalue weighted by atomic mass is 14.3. The Morgan fingerprint density at radius 1 is 0.167 bits per heavy atom. The quantitative estimate of drug-likeness (QED) is 0.0716. The number of benzene rings is 9. The number of rotatable bonds is 20. The van der Waals surface area contributed by atoms with Crippen molar-refractivity contribution < 1.29 is 0 Å². The van der Waals surface area contributed by atoms with E-state index in [2.05, 4.69) is 255 Å². The van der Waals surface area contributed by atoms with Gasteiger partial charge in [0, 0.05) is 0 Å². The van der Waals surface area contributed by atoms with Crippen molar-refractivity contribution in [3.63, 3.8) is 0 Å². The van der Waals surface area contributed by atoms with Gasteiger partial charge in [-0.05, 0) is 142 Å². The Balaban J connectivity index is 1.33. The average Bonchev–Trinajstić information content (AvgIpc) is 3.38. The summed E-state index contributed by atoms with van der Waals surface area (Å²) in [7, 11) is 0. The van der Waals surface area contributed by atoms with E-state index in [0.717, 1.165) is 51.4 Å². The Morgan fingerprint density at radius 3 is 0.409 bits per heavy atom. The zero-order valence-electron chi connectivity index (χ0n) is 38.2. The van der Waals surface area contributed by atoms with Crippen LogP contribution in [0, 0.1) is 0 Å². The van der Waals surface area contributed by atoms with Crippen LogP contribution in [0.1, 0.15) is 90.4 Å². The third-order valence-electron chi connectivity index (χ3n) is 13.6. The Labute approximate surface area is 394 Å². The van der Waals surface area contributed by atoms with Gasteiger partial charge >= 0.3 is 0 Å². The fourth-order valence-corrected chi connectivity index (χ4v) is 10.4. The fraction of sp³-hybridized carbons (Fsp3) is 0.182. The molecule has 0 nitrogen and oxygen atoms in total. The molecule has 0 unspecified atom stereocenters. The van der Waals surface area contributed by atoms with Crippen LogP contribution in [0.4, 0.5) is 0 Å². The van der Waals surface area contributed by atoms with Gasteiger partial charge in [0.25, 0.3) is 0 Å². The Kier molecular flexibility index (Phi) is 15.2. The van der Waals surface area contributed by atoms with E-state index >= 15 is 0 Å². The molecule has 0 aliphatic carbocycles. The number of hydrogen-bond acceptors (Lipinski definition) is 0. The van der Waals surface area contributed by atoms with Crippen molar-refractivity contribution in [3.05, 3.63) is 322 Å². The van der Waals surface area contributed by atoms with Crippen molar-refractivity contribution in [1.29, 1.82) is 0 Å². The smallest absolute Gasteiger partial charge is 0.00781 e. The topological polar surface area (TPSA) is 0 Å². The Bertz CT molecular complexity index is 2210. The largest absolute Gasteiger partial charge is 0.0622 e. The van der Waals surface area contributed by atoms with Gasteiger partial charge in [-0.25, -0.2) is 0 Å². The molecule has 0 aliphatic rings. The molecule has 0 saturated carbocycles. The minimum absolute atomic E-state index is 0.252. The zero-order chi connectivity index (χ0) is 44.6. The molecule has 0 saturated heterocycles. The lowest BCUT2D eigenvalue weighted by Crippen LogP contribution is -2.20. The lowest BCUT2D eigenvalue weighted by Gasteiger charge is -2.33. The predicted molar refractivity (Wildman–Crippen MR) is 279 cm³/mol. The summed E-state index contributed by atoms with van der Waals surface area (Å²) in [5, 5.41) is 0. The number of hydrogen-bond donors (Lipinski definition) is 0. The van der Waals surface area contributed by atoms with Crippen LogP contribution in [0.3, 0.4) is 0 Å². The van der Waals surface area contributed by atoms with Gasteiger partial charge in [0.15, 0.2) is 0 Å². The summed E-state index contributed by atoms with van der Waals surface area (Å²) in [6.45, 7) is 0. The summed E-state index contributed by atoms with van der Waals surface area (Å²) in [4.78, 5) is 0. The minimum Gasteiger partial charge on any atom is -0.0622 e. The van der Waals surface area contributed by atoms with E-state index in [1.165, 1.54) is 66.8 Å². The molecule has 9 rings (SSSR count). The van der Waals surface area contributed by atoms with E-state index in [1.807, 2.05) is 0 Å². The molecule has 0 amide bonds. The highest BCUT2D eigenvalue weighted by Gasteiger charge is 2.30. The van der Waals surface area contributed by atoms with Gasteiger partial charge in [0.1, 0.15) is 0 Å². The molecule has 0 radical (unpaired) electrons. The molecule has 9 aromatic rings. The molecule has 0 aromatic heterocycles. The van der Waals surface area contributed by atoms with Gasteiger partial charge in [-0.3, -0.25) is 0 Å². The average molecular weight is 855 g/mol. The Morgan fingerprint density at radius 2 is 0.288 bits per heavy atom. The lowest BCUT2D eigenvalue weighted by molar-refractivity contribution is 0.599. The molecule has 0 heterocycles. The second-order valence-electron chi connectivity index (χ2n) is 18.4. The van der Waals surface area contributed by atoms with E-state index in [0.29, 0.717) is 0 Å². The molecule has 326 valence electrons. The monoisotopic (exact) mass is 854 g/mol. The molecule has 0 N–H and O–H groups in total. The summed E-state index contributed by atoms with van der Waals surface area (Å²) < 4.78 is 0. The predicted octanol–water partition coefficient (Wildman–Crippen LogP) is 16.0. The molecule has 0 atom stereocenters. The highest BCUT2D eigenvalue weighted by molar-refractivity contribution is 5.50. The molecule has 0 spiro atoms. The maximum Gasteiger partial charge on any atom is -0.00781 e. The van der Waals surface area contributed by atoms with E-state index in [1.54, 1.807) is 0 Å². The summed E-state index contributed by atoms with van der Waals surface area (Å²) in [6, 6.07) is 95.5. The maximum absolute atomic E-state index is 2.77. The molecular formula is C66H62. The fourth-order valence-electron chi connectivity index (χ4n) is 10.4. The van der Waals surface area contributed by atoms with Crippen LogP contribution in [0.5, 0.6) is 0 Å². The summed E-state index contributed by atoms with van der Waals surface area (Å²) in [5.41, 5.74) is 17.1. The molecule has 66 heavy (non-hydrogen) atoms. The van der Waals surface area contributed by atoms with Crippen molar-refractivity contribution in [2.45, 2.75) is 75.0 Å². The normalized spacial score (nSPS) is 11.5. The van der Waals surface area contributed by atoms with Crippen molar-refractivity contribution >= 4 is 0 Å². The van der Waals surface area contributed by atoms with Crippen LogP contribution < -0.4 is 0 Å². The van der Waals surface area contributed by atoms with Crippen LogP contribution in [0.2, 0.25) is 0 Å². The van der Waals surface area contributed by atoms with Crippen LogP contribution in [-0.2, 0) is 51.4 Å². The van der Waals surface area contributed by atoms with Gasteiger partial charge in [0.05, 0.1) is 0 Å². The van der Waals surface area contributed by atoms with Crippen LogP contribution in [0.25, 0.3) is 0 Å². The van der Waals surface area contributed by atoms with Gasteiger partial charge in [-0.2, -0.15) is 0 Å². The molecule has 0 heteroatoms. The van der Waals surface area contributed by atoms with Gasteiger partial charge in [-0.15, -0.1) is 0 Å².